The van der Waals surface area contributed by atoms with E-state index in [1.165, 1.54) is 0 Å². The van der Waals surface area contributed by atoms with Crippen LogP contribution in [0.5, 0.6) is 0 Å². The normalized spacial score (nSPS) is 15.0. The molecular weight excluding hydrogens is 320 g/mol. The van der Waals surface area contributed by atoms with Gasteiger partial charge in [-0.15, -0.1) is 0 Å². The van der Waals surface area contributed by atoms with Gasteiger partial charge in [0.15, 0.2) is 0 Å². The summed E-state index contributed by atoms with van der Waals surface area (Å²) in [4.78, 5) is 28.3. The molecule has 1 aliphatic rings. The van der Waals surface area contributed by atoms with Crippen molar-refractivity contribution < 1.29 is 9.59 Å². The van der Waals surface area contributed by atoms with Crippen molar-refractivity contribution in [2.24, 2.45) is 0 Å². The van der Waals surface area contributed by atoms with E-state index in [0.29, 0.717) is 19.5 Å². The summed E-state index contributed by atoms with van der Waals surface area (Å²) in [6.07, 6.45) is 2.24. The first-order chi connectivity index (χ1) is 11.3. The van der Waals surface area contributed by atoms with Crippen LogP contribution in [-0.4, -0.2) is 35.4 Å². The molecule has 5 heteroatoms. The molecular formula is C19H28N2O2S. The predicted octanol–water partition coefficient (Wildman–Crippen LogP) is 4.09. The number of hydrogen-bond acceptors (Lipinski definition) is 3. The van der Waals surface area contributed by atoms with Gasteiger partial charge in [0.05, 0.1) is 11.4 Å². The highest BCUT2D eigenvalue weighted by Crippen LogP contribution is 2.33. The Kier molecular flexibility index (Phi) is 6.33. The number of carbonyl (C=O) groups excluding carboxylic acids is 2. The van der Waals surface area contributed by atoms with Crippen LogP contribution in [0.15, 0.2) is 24.3 Å². The number of nitrogens with zero attached hydrogens (tertiary/aromatic N) is 2. The van der Waals surface area contributed by atoms with Crippen molar-refractivity contribution in [2.75, 3.05) is 28.6 Å². The van der Waals surface area contributed by atoms with Crippen LogP contribution in [0, 0.1) is 0 Å². The SMILES string of the molecule is CC(=O)N1CCCN(C(=O)CCCSC(C)(C)C)c2ccccc21. The Morgan fingerprint density at radius 1 is 1.08 bits per heavy atom. The zero-order valence-electron chi connectivity index (χ0n) is 15.2. The lowest BCUT2D eigenvalue weighted by Gasteiger charge is -2.25. The van der Waals surface area contributed by atoms with E-state index < -0.39 is 0 Å². The van der Waals surface area contributed by atoms with Gasteiger partial charge in [-0.05, 0) is 30.7 Å². The number of carbonyl (C=O) groups is 2. The molecule has 0 bridgehead atoms. The molecule has 1 aromatic rings. The molecule has 0 unspecified atom stereocenters. The van der Waals surface area contributed by atoms with E-state index >= 15 is 0 Å². The number of rotatable bonds is 4. The largest absolute Gasteiger partial charge is 0.311 e. The molecule has 0 N–H and O–H groups in total. The predicted molar refractivity (Wildman–Crippen MR) is 103 cm³/mol. The van der Waals surface area contributed by atoms with Gasteiger partial charge in [0.2, 0.25) is 11.8 Å². The van der Waals surface area contributed by atoms with Crippen molar-refractivity contribution in [3.05, 3.63) is 24.3 Å². The van der Waals surface area contributed by atoms with Gasteiger partial charge in [-0.25, -0.2) is 0 Å². The molecule has 0 aromatic heterocycles. The second-order valence-corrected chi connectivity index (χ2v) is 9.04. The highest BCUT2D eigenvalue weighted by Gasteiger charge is 2.25. The minimum Gasteiger partial charge on any atom is -0.311 e. The van der Waals surface area contributed by atoms with Gasteiger partial charge in [0.1, 0.15) is 0 Å². The Balaban J connectivity index is 2.07. The minimum atomic E-state index is 0.0262. The van der Waals surface area contributed by atoms with E-state index in [9.17, 15) is 9.59 Å². The minimum absolute atomic E-state index is 0.0262. The molecule has 2 rings (SSSR count). The van der Waals surface area contributed by atoms with Crippen LogP contribution in [-0.2, 0) is 9.59 Å². The molecule has 0 spiro atoms. The first-order valence-electron chi connectivity index (χ1n) is 8.61. The van der Waals surface area contributed by atoms with Crippen molar-refractivity contribution in [3.8, 4) is 0 Å². The summed E-state index contributed by atoms with van der Waals surface area (Å²) in [6.45, 7) is 9.50. The zero-order valence-corrected chi connectivity index (χ0v) is 16.0. The molecule has 0 aliphatic carbocycles. The molecule has 132 valence electrons. The fraction of sp³-hybridized carbons (Fsp3) is 0.579. The maximum Gasteiger partial charge on any atom is 0.227 e. The molecule has 2 amide bonds. The maximum absolute atomic E-state index is 12.7. The Bertz CT molecular complexity index is 595. The lowest BCUT2D eigenvalue weighted by Crippen LogP contribution is -2.31. The van der Waals surface area contributed by atoms with Gasteiger partial charge in [-0.3, -0.25) is 9.59 Å². The van der Waals surface area contributed by atoms with Gasteiger partial charge in [-0.2, -0.15) is 11.8 Å². The third kappa shape index (κ3) is 5.00. The van der Waals surface area contributed by atoms with Gasteiger partial charge >= 0.3 is 0 Å². The third-order valence-electron chi connectivity index (χ3n) is 3.98. The van der Waals surface area contributed by atoms with Gasteiger partial charge < -0.3 is 9.80 Å². The van der Waals surface area contributed by atoms with Crippen molar-refractivity contribution >= 4 is 35.0 Å². The van der Waals surface area contributed by atoms with E-state index in [0.717, 1.165) is 30.0 Å². The van der Waals surface area contributed by atoms with Crippen molar-refractivity contribution in [2.45, 2.75) is 51.7 Å². The molecule has 0 saturated heterocycles. The molecule has 0 saturated carbocycles. The van der Waals surface area contributed by atoms with E-state index in [2.05, 4.69) is 20.8 Å². The quantitative estimate of drug-likeness (QED) is 0.770. The van der Waals surface area contributed by atoms with Gasteiger partial charge in [0, 0.05) is 31.2 Å². The standard InChI is InChI=1S/C19H28N2O2S/c1-15(22)20-12-8-13-21(17-10-6-5-9-16(17)20)18(23)11-7-14-24-19(2,3)4/h5-6,9-10H,7-8,11-14H2,1-4H3. The molecule has 1 heterocycles. The van der Waals surface area contributed by atoms with Crippen LogP contribution >= 0.6 is 11.8 Å². The summed E-state index contributed by atoms with van der Waals surface area (Å²) in [5.74, 6) is 1.17. The van der Waals surface area contributed by atoms with Gasteiger partial charge in [0.25, 0.3) is 0 Å². The van der Waals surface area contributed by atoms with Crippen LogP contribution in [0.3, 0.4) is 0 Å². The molecule has 0 radical (unpaired) electrons. The van der Waals surface area contributed by atoms with E-state index in [-0.39, 0.29) is 16.6 Å². The van der Waals surface area contributed by atoms with E-state index in [4.69, 9.17) is 0 Å². The second kappa shape index (κ2) is 8.06. The van der Waals surface area contributed by atoms with E-state index in [1.807, 2.05) is 40.9 Å². The maximum atomic E-state index is 12.7. The fourth-order valence-corrected chi connectivity index (χ4v) is 3.77. The van der Waals surface area contributed by atoms with Crippen LogP contribution in [0.2, 0.25) is 0 Å². The summed E-state index contributed by atoms with van der Waals surface area (Å²) in [5, 5.41) is 0. The lowest BCUT2D eigenvalue weighted by atomic mass is 10.2. The molecule has 0 atom stereocenters. The summed E-state index contributed by atoms with van der Waals surface area (Å²) in [7, 11) is 0. The third-order valence-corrected chi connectivity index (χ3v) is 5.34. The molecule has 1 aliphatic heterocycles. The summed E-state index contributed by atoms with van der Waals surface area (Å²) < 4.78 is 0.236. The number of amides is 2. The van der Waals surface area contributed by atoms with Crippen molar-refractivity contribution in [1.82, 2.24) is 0 Å². The number of anilines is 2. The topological polar surface area (TPSA) is 40.6 Å². The number of thioether (sulfide) groups is 1. The molecule has 4 nitrogen and oxygen atoms in total. The average molecular weight is 349 g/mol. The first kappa shape index (κ1) is 18.8. The van der Waals surface area contributed by atoms with Crippen molar-refractivity contribution in [3.63, 3.8) is 0 Å². The number of para-hydroxylation sites is 2. The van der Waals surface area contributed by atoms with Crippen LogP contribution in [0.25, 0.3) is 0 Å². The number of benzene rings is 1. The Hall–Kier alpha value is -1.49. The monoisotopic (exact) mass is 348 g/mol. The highest BCUT2D eigenvalue weighted by molar-refractivity contribution is 8.00. The number of fused-ring (bicyclic) bond motifs is 1. The molecule has 0 fully saturated rings. The fourth-order valence-electron chi connectivity index (χ4n) is 2.87. The zero-order chi connectivity index (χ0) is 17.7. The highest BCUT2D eigenvalue weighted by atomic mass is 32.2. The Morgan fingerprint density at radius 2 is 1.67 bits per heavy atom. The second-order valence-electron chi connectivity index (χ2n) is 7.12. The van der Waals surface area contributed by atoms with Crippen LogP contribution in [0.4, 0.5) is 11.4 Å². The smallest absolute Gasteiger partial charge is 0.227 e. The summed E-state index contributed by atoms with van der Waals surface area (Å²) in [5.41, 5.74) is 1.71. The number of hydrogen-bond donors (Lipinski definition) is 0. The summed E-state index contributed by atoms with van der Waals surface area (Å²) in [6, 6.07) is 7.72. The first-order valence-corrected chi connectivity index (χ1v) is 9.59. The van der Waals surface area contributed by atoms with Crippen LogP contribution in [0.1, 0.15) is 47.0 Å². The average Bonchev–Trinajstić information content (AvgIpc) is 2.70. The molecule has 24 heavy (non-hydrogen) atoms. The Morgan fingerprint density at radius 3 is 2.25 bits per heavy atom. The van der Waals surface area contributed by atoms with Crippen molar-refractivity contribution in [1.29, 1.82) is 0 Å². The summed E-state index contributed by atoms with van der Waals surface area (Å²) >= 11 is 1.89. The Labute approximate surface area is 149 Å². The van der Waals surface area contributed by atoms with Crippen LogP contribution < -0.4 is 9.80 Å². The van der Waals surface area contributed by atoms with Gasteiger partial charge in [-0.1, -0.05) is 32.9 Å². The molecule has 1 aromatic carbocycles. The van der Waals surface area contributed by atoms with E-state index in [1.54, 1.807) is 11.8 Å². The lowest BCUT2D eigenvalue weighted by molar-refractivity contribution is -0.118.